The van der Waals surface area contributed by atoms with Gasteiger partial charge in [-0.25, -0.2) is 4.79 Å². The van der Waals surface area contributed by atoms with Gasteiger partial charge in [0, 0.05) is 11.1 Å². The first kappa shape index (κ1) is 18.9. The van der Waals surface area contributed by atoms with Crippen LogP contribution < -0.4 is 0 Å². The predicted octanol–water partition coefficient (Wildman–Crippen LogP) is 5.30. The number of rotatable bonds is 2. The van der Waals surface area contributed by atoms with Crippen molar-refractivity contribution in [2.45, 2.75) is 41.5 Å². The number of carboxylic acids is 1. The summed E-state index contributed by atoms with van der Waals surface area (Å²) < 4.78 is 0. The second-order valence-electron chi connectivity index (χ2n) is 8.48. The minimum absolute atomic E-state index is 0.0728. The van der Waals surface area contributed by atoms with Crippen LogP contribution in [0.25, 0.3) is 6.08 Å². The number of ketones is 1. The number of hydrogen-bond acceptors (Lipinski definition) is 2. The Bertz CT molecular complexity index is 770. The van der Waals surface area contributed by atoms with Gasteiger partial charge >= 0.3 is 5.97 Å². The summed E-state index contributed by atoms with van der Waals surface area (Å²) in [4.78, 5) is 24.4. The molecule has 0 unspecified atom stereocenters. The van der Waals surface area contributed by atoms with Crippen molar-refractivity contribution in [1.82, 2.24) is 0 Å². The zero-order valence-electron chi connectivity index (χ0n) is 15.8. The van der Waals surface area contributed by atoms with Crippen LogP contribution in [-0.2, 0) is 4.79 Å². The lowest BCUT2D eigenvalue weighted by Gasteiger charge is -2.31. The molecule has 1 aliphatic rings. The SMILES string of the molecule is CC(C)(C)C1=CC(=Cc2ccccc2C(=O)O)C=C(C(C)(C)C)C1=O. The van der Waals surface area contributed by atoms with E-state index in [1.165, 1.54) is 0 Å². The van der Waals surface area contributed by atoms with Crippen LogP contribution in [0.2, 0.25) is 0 Å². The highest BCUT2D eigenvalue weighted by atomic mass is 16.4. The summed E-state index contributed by atoms with van der Waals surface area (Å²) in [6, 6.07) is 6.89. The Kier molecular flexibility index (Phi) is 4.90. The molecule has 0 heterocycles. The number of carbonyl (C=O) groups is 2. The largest absolute Gasteiger partial charge is 0.478 e. The number of Topliss-reactive ketones (excluding diaryl/α,β-unsaturated/α-hetero) is 1. The van der Waals surface area contributed by atoms with Gasteiger partial charge in [-0.2, -0.15) is 0 Å². The van der Waals surface area contributed by atoms with Gasteiger partial charge in [0.25, 0.3) is 0 Å². The molecule has 3 heteroatoms. The number of allylic oxidation sites excluding steroid dienone is 5. The average molecular weight is 338 g/mol. The Hall–Kier alpha value is -2.42. The van der Waals surface area contributed by atoms with E-state index in [-0.39, 0.29) is 22.2 Å². The van der Waals surface area contributed by atoms with Crippen molar-refractivity contribution in [3.8, 4) is 0 Å². The van der Waals surface area contributed by atoms with Crippen LogP contribution in [0.3, 0.4) is 0 Å². The zero-order chi connectivity index (χ0) is 19.0. The van der Waals surface area contributed by atoms with E-state index in [1.807, 2.05) is 65.8 Å². The lowest BCUT2D eigenvalue weighted by atomic mass is 9.72. The minimum atomic E-state index is -0.959. The van der Waals surface area contributed by atoms with E-state index in [1.54, 1.807) is 18.2 Å². The Morgan fingerprint density at radius 1 is 0.920 bits per heavy atom. The summed E-state index contributed by atoms with van der Waals surface area (Å²) in [6.45, 7) is 12.1. The molecule has 0 fully saturated rings. The minimum Gasteiger partial charge on any atom is -0.478 e. The van der Waals surface area contributed by atoms with Crippen LogP contribution in [0.4, 0.5) is 0 Å². The van der Waals surface area contributed by atoms with Crippen LogP contribution in [0, 0.1) is 10.8 Å². The summed E-state index contributed by atoms with van der Waals surface area (Å²) in [5, 5.41) is 9.39. The van der Waals surface area contributed by atoms with Crippen molar-refractivity contribution in [3.05, 3.63) is 64.3 Å². The van der Waals surface area contributed by atoms with Gasteiger partial charge in [0.2, 0.25) is 0 Å². The third kappa shape index (κ3) is 4.16. The quantitative estimate of drug-likeness (QED) is 0.796. The van der Waals surface area contributed by atoms with Crippen LogP contribution in [0.5, 0.6) is 0 Å². The van der Waals surface area contributed by atoms with Gasteiger partial charge < -0.3 is 5.11 Å². The summed E-state index contributed by atoms with van der Waals surface area (Å²) in [7, 11) is 0. The molecule has 0 atom stereocenters. The monoisotopic (exact) mass is 338 g/mol. The first-order chi connectivity index (χ1) is 11.4. The molecule has 3 nitrogen and oxygen atoms in total. The molecule has 1 aromatic carbocycles. The summed E-state index contributed by atoms with van der Waals surface area (Å²) in [6.07, 6.45) is 5.61. The summed E-state index contributed by atoms with van der Waals surface area (Å²) in [5.74, 6) is -0.886. The molecule has 0 saturated carbocycles. The normalized spacial score (nSPS) is 15.6. The van der Waals surface area contributed by atoms with Crippen LogP contribution in [0.15, 0.2) is 53.1 Å². The van der Waals surface area contributed by atoms with Crippen molar-refractivity contribution < 1.29 is 14.7 Å². The molecule has 1 aromatic rings. The standard InChI is InChI=1S/C22H26O3/c1-21(2,3)17-12-14(13-18(19(17)23)22(4,5)6)11-15-9-7-8-10-16(15)20(24)25/h7-13H,1-6H3,(H,24,25). The molecule has 25 heavy (non-hydrogen) atoms. The van der Waals surface area contributed by atoms with Gasteiger partial charge in [0.1, 0.15) is 0 Å². The van der Waals surface area contributed by atoms with Crippen LogP contribution in [0.1, 0.15) is 57.5 Å². The zero-order valence-corrected chi connectivity index (χ0v) is 15.8. The highest BCUT2D eigenvalue weighted by Crippen LogP contribution is 2.39. The topological polar surface area (TPSA) is 54.4 Å². The number of hydrogen-bond donors (Lipinski definition) is 1. The van der Waals surface area contributed by atoms with E-state index >= 15 is 0 Å². The molecule has 0 saturated heterocycles. The molecule has 0 aromatic heterocycles. The van der Waals surface area contributed by atoms with E-state index in [0.29, 0.717) is 5.56 Å². The maximum atomic E-state index is 12.9. The van der Waals surface area contributed by atoms with Crippen molar-refractivity contribution in [3.63, 3.8) is 0 Å². The molecule has 0 spiro atoms. The van der Waals surface area contributed by atoms with Crippen molar-refractivity contribution in [1.29, 1.82) is 0 Å². The van der Waals surface area contributed by atoms with Gasteiger partial charge in [-0.3, -0.25) is 4.79 Å². The Balaban J connectivity index is 2.66. The number of carboxylic acid groups (broad SMARTS) is 1. The maximum Gasteiger partial charge on any atom is 0.336 e. The smallest absolute Gasteiger partial charge is 0.336 e. The van der Waals surface area contributed by atoms with Crippen LogP contribution >= 0.6 is 0 Å². The van der Waals surface area contributed by atoms with Crippen molar-refractivity contribution in [2.24, 2.45) is 10.8 Å². The second-order valence-corrected chi connectivity index (χ2v) is 8.48. The molecular formula is C22H26O3. The van der Waals surface area contributed by atoms with Crippen molar-refractivity contribution >= 4 is 17.8 Å². The summed E-state index contributed by atoms with van der Waals surface area (Å²) in [5.41, 5.74) is 2.67. The summed E-state index contributed by atoms with van der Waals surface area (Å²) >= 11 is 0. The Morgan fingerprint density at radius 3 is 1.84 bits per heavy atom. The predicted molar refractivity (Wildman–Crippen MR) is 101 cm³/mol. The van der Waals surface area contributed by atoms with Gasteiger partial charge in [-0.1, -0.05) is 59.7 Å². The molecule has 132 valence electrons. The third-order valence-corrected chi connectivity index (χ3v) is 4.24. The highest BCUT2D eigenvalue weighted by Gasteiger charge is 2.33. The number of benzene rings is 1. The van der Waals surface area contributed by atoms with Gasteiger partial charge in [-0.05, 0) is 46.3 Å². The first-order valence-corrected chi connectivity index (χ1v) is 8.44. The lowest BCUT2D eigenvalue weighted by Crippen LogP contribution is -2.27. The van der Waals surface area contributed by atoms with Gasteiger partial charge in [0.05, 0.1) is 5.56 Å². The lowest BCUT2D eigenvalue weighted by molar-refractivity contribution is -0.114. The van der Waals surface area contributed by atoms with Crippen molar-refractivity contribution in [2.75, 3.05) is 0 Å². The van der Waals surface area contributed by atoms with E-state index in [4.69, 9.17) is 0 Å². The van der Waals surface area contributed by atoms with E-state index in [2.05, 4.69) is 0 Å². The Morgan fingerprint density at radius 2 is 1.40 bits per heavy atom. The average Bonchev–Trinajstić information content (AvgIpc) is 2.47. The molecule has 0 aliphatic heterocycles. The first-order valence-electron chi connectivity index (χ1n) is 8.44. The fourth-order valence-electron chi connectivity index (χ4n) is 2.85. The second kappa shape index (κ2) is 6.47. The number of aromatic carboxylic acids is 1. The fourth-order valence-corrected chi connectivity index (χ4v) is 2.85. The van der Waals surface area contributed by atoms with Gasteiger partial charge in [-0.15, -0.1) is 0 Å². The molecule has 0 amide bonds. The molecule has 1 aliphatic carbocycles. The van der Waals surface area contributed by atoms with Crippen LogP contribution in [-0.4, -0.2) is 16.9 Å². The van der Waals surface area contributed by atoms with Gasteiger partial charge in [0.15, 0.2) is 5.78 Å². The molecule has 0 radical (unpaired) electrons. The fraction of sp³-hybridized carbons (Fsp3) is 0.364. The third-order valence-electron chi connectivity index (χ3n) is 4.24. The molecule has 0 bridgehead atoms. The van der Waals surface area contributed by atoms with E-state index in [0.717, 1.165) is 16.7 Å². The number of carbonyl (C=O) groups excluding carboxylic acids is 1. The Labute approximate surface area is 149 Å². The van der Waals surface area contributed by atoms with E-state index < -0.39 is 5.97 Å². The van der Waals surface area contributed by atoms with E-state index in [9.17, 15) is 14.7 Å². The maximum absolute atomic E-state index is 12.9. The molecular weight excluding hydrogens is 312 g/mol. The highest BCUT2D eigenvalue weighted by molar-refractivity contribution is 6.12. The molecule has 1 N–H and O–H groups in total. The molecule has 2 rings (SSSR count).